The molecular formula is C19H21NO2S. The van der Waals surface area contributed by atoms with E-state index >= 15 is 0 Å². The molecule has 0 bridgehead atoms. The maximum absolute atomic E-state index is 9.71. The van der Waals surface area contributed by atoms with Crippen LogP contribution in [0.15, 0.2) is 53.4 Å². The summed E-state index contributed by atoms with van der Waals surface area (Å²) < 4.78 is 6.16. The number of ether oxygens (including phenoxy) is 1. The molecule has 0 spiro atoms. The molecule has 1 atom stereocenters. The molecule has 120 valence electrons. The number of aliphatic hydroxyl groups is 1. The Kier molecular flexibility index (Phi) is 4.29. The second-order valence-corrected chi connectivity index (χ2v) is 7.47. The summed E-state index contributed by atoms with van der Waals surface area (Å²) in [5.74, 6) is 1.91. The zero-order chi connectivity index (χ0) is 15.6. The lowest BCUT2D eigenvalue weighted by atomic mass is 10.1. The third kappa shape index (κ3) is 3.25. The first kappa shape index (κ1) is 15.1. The summed E-state index contributed by atoms with van der Waals surface area (Å²) in [6.45, 7) is 2.94. The molecule has 0 aliphatic carbocycles. The van der Waals surface area contributed by atoms with Gasteiger partial charge in [0.1, 0.15) is 11.5 Å². The third-order valence-corrected chi connectivity index (χ3v) is 5.86. The molecule has 0 unspecified atom stereocenters. The molecule has 0 aromatic heterocycles. The van der Waals surface area contributed by atoms with Crippen molar-refractivity contribution in [3.05, 3.63) is 54.1 Å². The number of hydrogen-bond donors (Lipinski definition) is 1. The molecule has 2 aromatic carbocycles. The lowest BCUT2D eigenvalue weighted by molar-refractivity contribution is 0.0828. The van der Waals surface area contributed by atoms with Crippen LogP contribution in [0.25, 0.3) is 0 Å². The summed E-state index contributed by atoms with van der Waals surface area (Å²) >= 11 is 1.89. The largest absolute Gasteiger partial charge is 0.456 e. The third-order valence-electron chi connectivity index (χ3n) is 4.59. The quantitative estimate of drug-likeness (QED) is 0.901. The van der Waals surface area contributed by atoms with Crippen molar-refractivity contribution in [1.29, 1.82) is 0 Å². The van der Waals surface area contributed by atoms with Gasteiger partial charge in [-0.1, -0.05) is 30.3 Å². The molecular weight excluding hydrogens is 306 g/mol. The van der Waals surface area contributed by atoms with Crippen molar-refractivity contribution < 1.29 is 9.84 Å². The SMILES string of the molecule is OC1CCN(C[C@H]2Sc3ccccc3Oc3ccccc32)CC1. The fourth-order valence-electron chi connectivity index (χ4n) is 3.28. The van der Waals surface area contributed by atoms with Crippen LogP contribution >= 0.6 is 11.8 Å². The van der Waals surface area contributed by atoms with Gasteiger partial charge in [0.15, 0.2) is 0 Å². The van der Waals surface area contributed by atoms with Gasteiger partial charge in [0.2, 0.25) is 0 Å². The number of fused-ring (bicyclic) bond motifs is 2. The van der Waals surface area contributed by atoms with Gasteiger partial charge in [-0.25, -0.2) is 0 Å². The standard InChI is InChI=1S/C19H21NO2S/c21-14-9-11-20(12-10-14)13-19-15-5-1-2-6-16(15)22-17-7-3-4-8-18(17)23-19/h1-8,14,19,21H,9-13H2/t19-/m1/s1. The van der Waals surface area contributed by atoms with Gasteiger partial charge in [0, 0.05) is 25.2 Å². The highest BCUT2D eigenvalue weighted by Crippen LogP contribution is 2.48. The first-order chi connectivity index (χ1) is 11.3. The Morgan fingerprint density at radius 2 is 1.70 bits per heavy atom. The molecule has 4 heteroatoms. The molecule has 0 radical (unpaired) electrons. The summed E-state index contributed by atoms with van der Waals surface area (Å²) in [5, 5.41) is 10.1. The summed E-state index contributed by atoms with van der Waals surface area (Å²) in [7, 11) is 0. The van der Waals surface area contributed by atoms with Gasteiger partial charge in [-0.05, 0) is 31.0 Å². The Labute approximate surface area is 141 Å². The van der Waals surface area contributed by atoms with Crippen molar-refractivity contribution in [1.82, 2.24) is 4.90 Å². The zero-order valence-corrected chi connectivity index (χ0v) is 13.8. The van der Waals surface area contributed by atoms with E-state index < -0.39 is 0 Å². The lowest BCUT2D eigenvalue weighted by Gasteiger charge is -2.32. The van der Waals surface area contributed by atoms with E-state index in [0.29, 0.717) is 5.25 Å². The van der Waals surface area contributed by atoms with E-state index in [0.717, 1.165) is 44.0 Å². The summed E-state index contributed by atoms with van der Waals surface area (Å²) in [6.07, 6.45) is 1.64. The molecule has 0 saturated carbocycles. The predicted molar refractivity (Wildman–Crippen MR) is 93.2 cm³/mol. The maximum atomic E-state index is 9.71. The Morgan fingerprint density at radius 1 is 1.00 bits per heavy atom. The van der Waals surface area contributed by atoms with Crippen LogP contribution in [-0.2, 0) is 0 Å². The van der Waals surface area contributed by atoms with E-state index in [1.165, 1.54) is 10.5 Å². The van der Waals surface area contributed by atoms with Crippen molar-refractivity contribution >= 4 is 11.8 Å². The summed E-state index contributed by atoms with van der Waals surface area (Å²) in [5.41, 5.74) is 1.26. The van der Waals surface area contributed by atoms with Gasteiger partial charge in [0.05, 0.1) is 16.2 Å². The van der Waals surface area contributed by atoms with Crippen LogP contribution in [0.3, 0.4) is 0 Å². The Morgan fingerprint density at radius 3 is 2.52 bits per heavy atom. The van der Waals surface area contributed by atoms with E-state index in [4.69, 9.17) is 4.74 Å². The first-order valence-corrected chi connectivity index (χ1v) is 9.10. The summed E-state index contributed by atoms with van der Waals surface area (Å²) in [4.78, 5) is 3.67. The average Bonchev–Trinajstić information content (AvgIpc) is 2.73. The number of hydrogen-bond acceptors (Lipinski definition) is 4. The Bertz CT molecular complexity index is 683. The van der Waals surface area contributed by atoms with Gasteiger partial charge in [-0.2, -0.15) is 0 Å². The summed E-state index contributed by atoms with van der Waals surface area (Å²) in [6, 6.07) is 16.6. The second kappa shape index (κ2) is 6.56. The molecule has 1 saturated heterocycles. The van der Waals surface area contributed by atoms with Crippen molar-refractivity contribution in [3.8, 4) is 11.5 Å². The van der Waals surface area contributed by atoms with E-state index in [1.54, 1.807) is 0 Å². The van der Waals surface area contributed by atoms with Crippen LogP contribution in [-0.4, -0.2) is 35.7 Å². The van der Waals surface area contributed by atoms with Crippen LogP contribution in [0.1, 0.15) is 23.7 Å². The van der Waals surface area contributed by atoms with E-state index in [2.05, 4.69) is 35.2 Å². The van der Waals surface area contributed by atoms with Crippen LogP contribution in [0, 0.1) is 0 Å². The van der Waals surface area contributed by atoms with E-state index in [9.17, 15) is 5.11 Å². The van der Waals surface area contributed by atoms with E-state index in [1.807, 2.05) is 30.0 Å². The Hall–Kier alpha value is -1.49. The van der Waals surface area contributed by atoms with Crippen molar-refractivity contribution in [2.24, 2.45) is 0 Å². The van der Waals surface area contributed by atoms with Gasteiger partial charge in [-0.3, -0.25) is 0 Å². The van der Waals surface area contributed by atoms with Crippen LogP contribution in [0.2, 0.25) is 0 Å². The average molecular weight is 327 g/mol. The van der Waals surface area contributed by atoms with Gasteiger partial charge in [0.25, 0.3) is 0 Å². The van der Waals surface area contributed by atoms with Crippen LogP contribution in [0.4, 0.5) is 0 Å². The first-order valence-electron chi connectivity index (χ1n) is 8.22. The van der Waals surface area contributed by atoms with Crippen LogP contribution < -0.4 is 4.74 Å². The molecule has 1 N–H and O–H groups in total. The highest BCUT2D eigenvalue weighted by atomic mass is 32.2. The number of benzene rings is 2. The normalized spacial score (nSPS) is 21.9. The van der Waals surface area contributed by atoms with Crippen LogP contribution in [0.5, 0.6) is 11.5 Å². The van der Waals surface area contributed by atoms with Gasteiger partial charge < -0.3 is 14.7 Å². The van der Waals surface area contributed by atoms with Crippen molar-refractivity contribution in [3.63, 3.8) is 0 Å². The molecule has 1 fully saturated rings. The number of nitrogens with zero attached hydrogens (tertiary/aromatic N) is 1. The van der Waals surface area contributed by atoms with Gasteiger partial charge in [-0.15, -0.1) is 11.8 Å². The fraction of sp³-hybridized carbons (Fsp3) is 0.368. The Balaban J connectivity index is 1.62. The smallest absolute Gasteiger partial charge is 0.141 e. The minimum absolute atomic E-state index is 0.121. The number of aliphatic hydroxyl groups excluding tert-OH is 1. The fourth-order valence-corrected chi connectivity index (χ4v) is 4.58. The maximum Gasteiger partial charge on any atom is 0.141 e. The number of para-hydroxylation sites is 2. The minimum Gasteiger partial charge on any atom is -0.456 e. The van der Waals surface area contributed by atoms with Crippen molar-refractivity contribution in [2.45, 2.75) is 29.1 Å². The number of piperidine rings is 1. The number of thioether (sulfide) groups is 1. The minimum atomic E-state index is -0.121. The molecule has 23 heavy (non-hydrogen) atoms. The predicted octanol–water partition coefficient (Wildman–Crippen LogP) is 4.08. The molecule has 2 aliphatic rings. The molecule has 2 heterocycles. The topological polar surface area (TPSA) is 32.7 Å². The highest BCUT2D eigenvalue weighted by Gasteiger charge is 2.27. The second-order valence-electron chi connectivity index (χ2n) is 6.22. The van der Waals surface area contributed by atoms with Crippen molar-refractivity contribution in [2.75, 3.05) is 19.6 Å². The lowest BCUT2D eigenvalue weighted by Crippen LogP contribution is -2.37. The van der Waals surface area contributed by atoms with E-state index in [-0.39, 0.29) is 6.10 Å². The number of rotatable bonds is 2. The highest BCUT2D eigenvalue weighted by molar-refractivity contribution is 7.99. The molecule has 0 amide bonds. The zero-order valence-electron chi connectivity index (χ0n) is 13.0. The molecule has 3 nitrogen and oxygen atoms in total. The molecule has 2 aliphatic heterocycles. The monoisotopic (exact) mass is 327 g/mol. The molecule has 2 aromatic rings. The molecule has 4 rings (SSSR count). The van der Waals surface area contributed by atoms with Gasteiger partial charge >= 0.3 is 0 Å². The number of likely N-dealkylation sites (tertiary alicyclic amines) is 1.